The molecule has 27 heavy (non-hydrogen) atoms. The molecule has 0 radical (unpaired) electrons. The van der Waals surface area contributed by atoms with Gasteiger partial charge in [0, 0.05) is 6.54 Å². The number of hydrogen-bond donors (Lipinski definition) is 1. The van der Waals surface area contributed by atoms with Gasteiger partial charge < -0.3 is 18.5 Å². The molecule has 0 aliphatic rings. The average molecular weight is 395 g/mol. The summed E-state index contributed by atoms with van der Waals surface area (Å²) in [4.78, 5) is 10.5. The summed E-state index contributed by atoms with van der Waals surface area (Å²) in [6, 6.07) is 13.2. The molecule has 0 atom stereocenters. The Balaban J connectivity index is 2.14. The second kappa shape index (κ2) is 9.85. The predicted octanol–water partition coefficient (Wildman–Crippen LogP) is 3.59. The van der Waals surface area contributed by atoms with Crippen molar-refractivity contribution in [2.45, 2.75) is 6.42 Å². The zero-order chi connectivity index (χ0) is 19.7. The number of carbonyl (C=O) groups is 1. The highest BCUT2D eigenvalue weighted by atomic mass is 31.2. The summed E-state index contributed by atoms with van der Waals surface area (Å²) in [7, 11) is -0.527. The van der Waals surface area contributed by atoms with Gasteiger partial charge in [0.25, 0.3) is 0 Å². The minimum atomic E-state index is -3.61. The lowest BCUT2D eigenvalue weighted by Gasteiger charge is -2.21. The van der Waals surface area contributed by atoms with Crippen LogP contribution in [0.5, 0.6) is 23.0 Å². The van der Waals surface area contributed by atoms with Crippen LogP contribution < -0.4 is 18.5 Å². The molecule has 2 aromatic carbocycles. The topological polar surface area (TPSA) is 94.5 Å². The summed E-state index contributed by atoms with van der Waals surface area (Å²) >= 11 is 0. The van der Waals surface area contributed by atoms with Crippen LogP contribution in [0.1, 0.15) is 6.42 Å². The van der Waals surface area contributed by atoms with E-state index < -0.39 is 7.60 Å². The zero-order valence-corrected chi connectivity index (χ0v) is 16.0. The number of benzene rings is 2. The van der Waals surface area contributed by atoms with E-state index in [4.69, 9.17) is 18.5 Å². The molecule has 9 heteroatoms. The van der Waals surface area contributed by atoms with Gasteiger partial charge in [-0.05, 0) is 55.0 Å². The molecule has 2 rings (SSSR count). The van der Waals surface area contributed by atoms with Crippen LogP contribution in [-0.2, 0) is 9.36 Å². The van der Waals surface area contributed by atoms with Crippen molar-refractivity contribution >= 4 is 14.0 Å². The van der Waals surface area contributed by atoms with Crippen LogP contribution in [0.2, 0.25) is 0 Å². The molecular formula is C18H22NO7P. The van der Waals surface area contributed by atoms with Gasteiger partial charge in [0.2, 0.25) is 6.41 Å². The SMILES string of the molecule is COc1ccc(OP(=O)(CCCN(O)C=O)Oc2ccc(OC)cc2)cc1. The normalized spacial score (nSPS) is 10.8. The maximum atomic E-state index is 13.2. The molecule has 0 spiro atoms. The lowest BCUT2D eigenvalue weighted by atomic mass is 10.3. The van der Waals surface area contributed by atoms with E-state index in [-0.39, 0.29) is 25.5 Å². The molecule has 1 N–H and O–H groups in total. The number of amides is 1. The van der Waals surface area contributed by atoms with E-state index >= 15 is 0 Å². The van der Waals surface area contributed by atoms with Crippen LogP contribution in [0.15, 0.2) is 48.5 Å². The predicted molar refractivity (Wildman–Crippen MR) is 98.9 cm³/mol. The maximum Gasteiger partial charge on any atom is 0.430 e. The summed E-state index contributed by atoms with van der Waals surface area (Å²) in [6.45, 7) is 0.00539. The Labute approximate surface area is 157 Å². The lowest BCUT2D eigenvalue weighted by Crippen LogP contribution is -2.19. The fourth-order valence-corrected chi connectivity index (χ4v) is 3.82. The van der Waals surface area contributed by atoms with E-state index in [0.717, 1.165) is 0 Å². The minimum Gasteiger partial charge on any atom is -0.497 e. The number of nitrogens with zero attached hydrogens (tertiary/aromatic N) is 1. The third-order valence-electron chi connectivity index (χ3n) is 3.55. The van der Waals surface area contributed by atoms with Crippen LogP contribution in [0.4, 0.5) is 0 Å². The second-order valence-electron chi connectivity index (χ2n) is 5.49. The van der Waals surface area contributed by atoms with E-state index in [0.29, 0.717) is 28.1 Å². The summed E-state index contributed by atoms with van der Waals surface area (Å²) < 4.78 is 34.7. The highest BCUT2D eigenvalue weighted by Gasteiger charge is 2.28. The van der Waals surface area contributed by atoms with E-state index in [1.165, 1.54) is 0 Å². The molecule has 0 saturated carbocycles. The smallest absolute Gasteiger partial charge is 0.430 e. The van der Waals surface area contributed by atoms with Crippen molar-refractivity contribution in [2.24, 2.45) is 0 Å². The molecule has 2 aromatic rings. The third kappa shape index (κ3) is 6.51. The van der Waals surface area contributed by atoms with Crippen LogP contribution in [0, 0.1) is 0 Å². The van der Waals surface area contributed by atoms with Gasteiger partial charge in [-0.3, -0.25) is 10.0 Å². The molecular weight excluding hydrogens is 373 g/mol. The second-order valence-corrected chi connectivity index (χ2v) is 7.52. The summed E-state index contributed by atoms with van der Waals surface area (Å²) in [5, 5.41) is 9.69. The van der Waals surface area contributed by atoms with Gasteiger partial charge in [-0.2, -0.15) is 0 Å². The standard InChI is InChI=1S/C18H22NO7P/c1-23-15-4-8-17(9-5-15)25-27(22,13-3-12-19(21)14-20)26-18-10-6-16(24-2)7-11-18/h4-11,14,21H,3,12-13H2,1-2H3. The Morgan fingerprint density at radius 3 is 1.67 bits per heavy atom. The monoisotopic (exact) mass is 395 g/mol. The average Bonchev–Trinajstić information content (AvgIpc) is 2.69. The molecule has 0 saturated heterocycles. The van der Waals surface area contributed by atoms with Gasteiger partial charge in [-0.25, -0.2) is 9.63 Å². The number of rotatable bonds is 11. The maximum absolute atomic E-state index is 13.2. The summed E-state index contributed by atoms with van der Waals surface area (Å²) in [5.41, 5.74) is 0. The van der Waals surface area contributed by atoms with Gasteiger partial charge in [0.05, 0.1) is 20.4 Å². The van der Waals surface area contributed by atoms with Crippen molar-refractivity contribution in [3.05, 3.63) is 48.5 Å². The molecule has 0 aromatic heterocycles. The number of methoxy groups -OCH3 is 2. The molecule has 8 nitrogen and oxygen atoms in total. The minimum absolute atomic E-state index is 0.00401. The number of hydrogen-bond acceptors (Lipinski definition) is 7. The third-order valence-corrected chi connectivity index (χ3v) is 5.39. The Morgan fingerprint density at radius 2 is 1.30 bits per heavy atom. The van der Waals surface area contributed by atoms with Crippen molar-refractivity contribution in [1.82, 2.24) is 5.06 Å². The fourth-order valence-electron chi connectivity index (χ4n) is 2.18. The Kier molecular flexibility index (Phi) is 7.52. The zero-order valence-electron chi connectivity index (χ0n) is 15.1. The van der Waals surface area contributed by atoms with Crippen molar-refractivity contribution in [2.75, 3.05) is 26.9 Å². The Morgan fingerprint density at radius 1 is 0.889 bits per heavy atom. The highest BCUT2D eigenvalue weighted by molar-refractivity contribution is 7.54. The van der Waals surface area contributed by atoms with E-state index in [9.17, 15) is 14.6 Å². The Hall–Kier alpha value is -2.70. The molecule has 0 fully saturated rings. The van der Waals surface area contributed by atoms with E-state index in [1.807, 2.05) is 0 Å². The molecule has 1 amide bonds. The summed E-state index contributed by atoms with van der Waals surface area (Å²) in [5.74, 6) is 1.97. The largest absolute Gasteiger partial charge is 0.497 e. The van der Waals surface area contributed by atoms with Crippen molar-refractivity contribution in [3.8, 4) is 23.0 Å². The lowest BCUT2D eigenvalue weighted by molar-refractivity contribution is -0.149. The van der Waals surface area contributed by atoms with Crippen LogP contribution in [-0.4, -0.2) is 43.6 Å². The molecule has 0 unspecified atom stereocenters. The molecule has 0 bridgehead atoms. The first-order chi connectivity index (χ1) is 13.0. The summed E-state index contributed by atoms with van der Waals surface area (Å²) in [6.07, 6.45) is 0.494. The van der Waals surface area contributed by atoms with Crippen molar-refractivity contribution in [3.63, 3.8) is 0 Å². The molecule has 0 aliphatic carbocycles. The van der Waals surface area contributed by atoms with Gasteiger partial charge in [0.1, 0.15) is 23.0 Å². The number of ether oxygens (including phenoxy) is 2. The molecule has 0 aliphatic heterocycles. The van der Waals surface area contributed by atoms with Gasteiger partial charge in [-0.1, -0.05) is 0 Å². The van der Waals surface area contributed by atoms with Crippen molar-refractivity contribution < 1.29 is 33.1 Å². The molecule has 146 valence electrons. The van der Waals surface area contributed by atoms with Crippen LogP contribution in [0.3, 0.4) is 0 Å². The van der Waals surface area contributed by atoms with Crippen LogP contribution in [0.25, 0.3) is 0 Å². The van der Waals surface area contributed by atoms with Gasteiger partial charge in [0.15, 0.2) is 0 Å². The van der Waals surface area contributed by atoms with E-state index in [1.54, 1.807) is 62.8 Å². The Bertz CT molecular complexity index is 711. The molecule has 0 heterocycles. The van der Waals surface area contributed by atoms with Crippen LogP contribution >= 0.6 is 7.60 Å². The first kappa shape index (κ1) is 20.6. The highest BCUT2D eigenvalue weighted by Crippen LogP contribution is 2.49. The first-order valence-electron chi connectivity index (χ1n) is 8.15. The van der Waals surface area contributed by atoms with Gasteiger partial charge >= 0.3 is 7.60 Å². The van der Waals surface area contributed by atoms with Gasteiger partial charge in [-0.15, -0.1) is 0 Å². The number of carbonyl (C=O) groups excluding carboxylic acids is 1. The number of hydroxylamine groups is 2. The van der Waals surface area contributed by atoms with E-state index in [2.05, 4.69) is 0 Å². The first-order valence-corrected chi connectivity index (χ1v) is 9.88. The fraction of sp³-hybridized carbons (Fsp3) is 0.278. The van der Waals surface area contributed by atoms with Crippen molar-refractivity contribution in [1.29, 1.82) is 0 Å². The quantitative estimate of drug-likeness (QED) is 0.269.